The summed E-state index contributed by atoms with van der Waals surface area (Å²) in [7, 11) is 2.17. The van der Waals surface area contributed by atoms with Gasteiger partial charge in [0, 0.05) is 50.9 Å². The Labute approximate surface area is 137 Å². The van der Waals surface area contributed by atoms with E-state index >= 15 is 0 Å². The van der Waals surface area contributed by atoms with Crippen LogP contribution in [0.4, 0.5) is 11.8 Å². The van der Waals surface area contributed by atoms with Crippen molar-refractivity contribution in [3.8, 4) is 0 Å². The minimum Gasteiger partial charge on any atom is -0.384 e. The number of hydrogen-bond donors (Lipinski definition) is 1. The third-order valence-corrected chi connectivity index (χ3v) is 5.33. The van der Waals surface area contributed by atoms with Crippen molar-refractivity contribution >= 4 is 17.7 Å². The first kappa shape index (κ1) is 16.0. The molecule has 0 radical (unpaired) electrons. The van der Waals surface area contributed by atoms with Gasteiger partial charge in [-0.1, -0.05) is 0 Å². The summed E-state index contributed by atoms with van der Waals surface area (Å²) < 4.78 is 0. The van der Waals surface area contributed by atoms with Gasteiger partial charge in [0.2, 0.25) is 11.9 Å². The second kappa shape index (κ2) is 6.31. The molecule has 23 heavy (non-hydrogen) atoms. The molecule has 0 aromatic carbocycles. The second-order valence-electron chi connectivity index (χ2n) is 6.57. The Morgan fingerprint density at radius 3 is 2.87 bits per heavy atom. The number of likely N-dealkylation sites (N-methyl/N-ethyl adjacent to an activating group) is 1. The van der Waals surface area contributed by atoms with Gasteiger partial charge in [0.05, 0.1) is 0 Å². The lowest BCUT2D eigenvalue weighted by Crippen LogP contribution is -2.61. The summed E-state index contributed by atoms with van der Waals surface area (Å²) in [5.41, 5.74) is 5.81. The zero-order valence-corrected chi connectivity index (χ0v) is 14.0. The van der Waals surface area contributed by atoms with Gasteiger partial charge in [0.15, 0.2) is 0 Å². The molecule has 2 N–H and O–H groups in total. The van der Waals surface area contributed by atoms with Crippen LogP contribution in [0.25, 0.3) is 0 Å². The summed E-state index contributed by atoms with van der Waals surface area (Å²) in [5, 5.41) is 0. The lowest BCUT2D eigenvalue weighted by Gasteiger charge is -2.49. The maximum Gasteiger partial charge on any atom is 0.227 e. The summed E-state index contributed by atoms with van der Waals surface area (Å²) in [5.74, 6) is 1.46. The number of hydrogen-bond acceptors (Lipinski definition) is 6. The van der Waals surface area contributed by atoms with E-state index in [2.05, 4.69) is 26.8 Å². The molecule has 7 nitrogen and oxygen atoms in total. The van der Waals surface area contributed by atoms with E-state index < -0.39 is 0 Å². The molecule has 126 valence electrons. The Balaban J connectivity index is 1.81. The van der Waals surface area contributed by atoms with E-state index in [4.69, 9.17) is 5.73 Å². The molecular formula is C16H26N6O. The fraction of sp³-hybridized carbons (Fsp3) is 0.688. The van der Waals surface area contributed by atoms with E-state index in [0.29, 0.717) is 18.2 Å². The number of amides is 1. The number of nitrogen functional groups attached to an aromatic ring is 1. The first-order valence-electron chi connectivity index (χ1n) is 8.36. The summed E-state index contributed by atoms with van der Waals surface area (Å²) in [6, 6.07) is 1.71. The van der Waals surface area contributed by atoms with Crippen LogP contribution >= 0.6 is 0 Å². The minimum absolute atomic E-state index is 0.00575. The predicted octanol–water partition coefficient (Wildman–Crippen LogP) is 0.582. The van der Waals surface area contributed by atoms with E-state index in [9.17, 15) is 4.79 Å². The molecule has 1 spiro atoms. The van der Waals surface area contributed by atoms with Crippen LogP contribution in [0.15, 0.2) is 12.3 Å². The number of anilines is 2. The van der Waals surface area contributed by atoms with E-state index in [1.807, 2.05) is 11.8 Å². The molecule has 2 saturated heterocycles. The number of piperazine rings is 1. The van der Waals surface area contributed by atoms with Crippen molar-refractivity contribution in [2.24, 2.45) is 0 Å². The highest BCUT2D eigenvalue weighted by Crippen LogP contribution is 2.33. The molecule has 7 heteroatoms. The lowest BCUT2D eigenvalue weighted by molar-refractivity contribution is -0.130. The van der Waals surface area contributed by atoms with Gasteiger partial charge in [-0.05, 0) is 32.9 Å². The molecule has 0 aliphatic carbocycles. The molecule has 1 atom stereocenters. The monoisotopic (exact) mass is 318 g/mol. The summed E-state index contributed by atoms with van der Waals surface area (Å²) >= 11 is 0. The molecular weight excluding hydrogens is 292 g/mol. The van der Waals surface area contributed by atoms with Gasteiger partial charge in [0.1, 0.15) is 5.82 Å². The van der Waals surface area contributed by atoms with Crippen LogP contribution in [0, 0.1) is 0 Å². The molecule has 2 aliphatic rings. The Hall–Kier alpha value is -1.89. The van der Waals surface area contributed by atoms with Gasteiger partial charge >= 0.3 is 0 Å². The smallest absolute Gasteiger partial charge is 0.227 e. The standard InChI is InChI=1S/C16H26N6O/c1-3-21-9-7-16(6-4-14(21)23)12-22(11-10-20(16)2)15-18-8-5-13(17)19-15/h5,8H,3-4,6-7,9-12H2,1-2H3,(H2,17,18,19)/t16-/m0/s1. The van der Waals surface area contributed by atoms with Crippen LogP contribution in [0.3, 0.4) is 0 Å². The Bertz CT molecular complexity index is 579. The predicted molar refractivity (Wildman–Crippen MR) is 90.1 cm³/mol. The second-order valence-corrected chi connectivity index (χ2v) is 6.57. The highest BCUT2D eigenvalue weighted by molar-refractivity contribution is 5.76. The van der Waals surface area contributed by atoms with Crippen molar-refractivity contribution in [1.82, 2.24) is 19.8 Å². The zero-order valence-electron chi connectivity index (χ0n) is 14.0. The highest BCUT2D eigenvalue weighted by atomic mass is 16.2. The van der Waals surface area contributed by atoms with Gasteiger partial charge in [-0.2, -0.15) is 4.98 Å². The quantitative estimate of drug-likeness (QED) is 0.859. The maximum absolute atomic E-state index is 12.2. The normalized spacial score (nSPS) is 26.6. The largest absolute Gasteiger partial charge is 0.384 e. The Morgan fingerprint density at radius 2 is 2.13 bits per heavy atom. The van der Waals surface area contributed by atoms with Crippen molar-refractivity contribution in [2.75, 3.05) is 50.4 Å². The average molecular weight is 318 g/mol. The zero-order chi connectivity index (χ0) is 16.4. The van der Waals surface area contributed by atoms with Crippen molar-refractivity contribution < 1.29 is 4.79 Å². The average Bonchev–Trinajstić information content (AvgIpc) is 2.70. The molecule has 0 unspecified atom stereocenters. The van der Waals surface area contributed by atoms with E-state index in [-0.39, 0.29) is 11.4 Å². The maximum atomic E-state index is 12.2. The first-order valence-corrected chi connectivity index (χ1v) is 8.36. The number of rotatable bonds is 2. The lowest BCUT2D eigenvalue weighted by atomic mass is 9.86. The number of aromatic nitrogens is 2. The van der Waals surface area contributed by atoms with Gasteiger partial charge in [-0.15, -0.1) is 0 Å². The minimum atomic E-state index is 0.00575. The molecule has 0 saturated carbocycles. The van der Waals surface area contributed by atoms with Gasteiger partial charge in [-0.25, -0.2) is 4.98 Å². The molecule has 2 aliphatic heterocycles. The van der Waals surface area contributed by atoms with Crippen molar-refractivity contribution in [3.05, 3.63) is 12.3 Å². The van der Waals surface area contributed by atoms with E-state index in [0.717, 1.165) is 45.6 Å². The number of carbonyl (C=O) groups is 1. The van der Waals surface area contributed by atoms with Gasteiger partial charge in [0.25, 0.3) is 0 Å². The molecule has 1 aromatic heterocycles. The molecule has 1 aromatic rings. The molecule has 1 amide bonds. The van der Waals surface area contributed by atoms with E-state index in [1.54, 1.807) is 12.3 Å². The van der Waals surface area contributed by atoms with Crippen LogP contribution in [0.5, 0.6) is 0 Å². The molecule has 0 bridgehead atoms. The molecule has 3 rings (SSSR count). The third-order valence-electron chi connectivity index (χ3n) is 5.33. The number of likely N-dealkylation sites (tertiary alicyclic amines) is 1. The van der Waals surface area contributed by atoms with Crippen molar-refractivity contribution in [2.45, 2.75) is 31.7 Å². The molecule has 3 heterocycles. The Kier molecular flexibility index (Phi) is 4.39. The number of nitrogens with zero attached hydrogens (tertiary/aromatic N) is 5. The summed E-state index contributed by atoms with van der Waals surface area (Å²) in [6.07, 6.45) is 4.20. The number of carbonyl (C=O) groups excluding carboxylic acids is 1. The fourth-order valence-corrected chi connectivity index (χ4v) is 3.71. The van der Waals surface area contributed by atoms with Crippen molar-refractivity contribution in [1.29, 1.82) is 0 Å². The Morgan fingerprint density at radius 1 is 1.30 bits per heavy atom. The summed E-state index contributed by atoms with van der Waals surface area (Å²) in [4.78, 5) is 27.6. The molecule has 2 fully saturated rings. The topological polar surface area (TPSA) is 78.6 Å². The van der Waals surface area contributed by atoms with E-state index in [1.165, 1.54) is 0 Å². The van der Waals surface area contributed by atoms with Crippen LogP contribution in [0.2, 0.25) is 0 Å². The first-order chi connectivity index (χ1) is 11.0. The van der Waals surface area contributed by atoms with Crippen LogP contribution < -0.4 is 10.6 Å². The van der Waals surface area contributed by atoms with Crippen LogP contribution in [0.1, 0.15) is 26.2 Å². The highest BCUT2D eigenvalue weighted by Gasteiger charge is 2.42. The van der Waals surface area contributed by atoms with Crippen LogP contribution in [-0.4, -0.2) is 71.0 Å². The van der Waals surface area contributed by atoms with Crippen molar-refractivity contribution in [3.63, 3.8) is 0 Å². The third kappa shape index (κ3) is 3.10. The van der Waals surface area contributed by atoms with Gasteiger partial charge < -0.3 is 15.5 Å². The SMILES string of the molecule is CCN1CC[C@@]2(CCC1=O)CN(c1nccc(N)n1)CCN2C. The fourth-order valence-electron chi connectivity index (χ4n) is 3.71. The van der Waals surface area contributed by atoms with Crippen LogP contribution in [-0.2, 0) is 4.79 Å². The number of nitrogens with two attached hydrogens (primary N) is 1. The van der Waals surface area contributed by atoms with Gasteiger partial charge in [-0.3, -0.25) is 9.69 Å². The summed E-state index contributed by atoms with van der Waals surface area (Å²) in [6.45, 7) is 6.34.